The van der Waals surface area contributed by atoms with E-state index in [0.29, 0.717) is 13.0 Å². The van der Waals surface area contributed by atoms with Crippen LogP contribution in [0.1, 0.15) is 32.1 Å². The topological polar surface area (TPSA) is 58.6 Å². The summed E-state index contributed by atoms with van der Waals surface area (Å²) in [7, 11) is 0. The summed E-state index contributed by atoms with van der Waals surface area (Å²) >= 11 is 0. The Morgan fingerprint density at radius 1 is 1.36 bits per heavy atom. The minimum atomic E-state index is -0.750. The van der Waals surface area contributed by atoms with Gasteiger partial charge in [-0.25, -0.2) is 8.78 Å². The largest absolute Gasteiger partial charge is 0.491 e. The van der Waals surface area contributed by atoms with Crippen LogP contribution in [0.4, 0.5) is 8.78 Å². The molecule has 0 aliphatic heterocycles. The highest BCUT2D eigenvalue weighted by Crippen LogP contribution is 2.24. The Balaban J connectivity index is 1.60. The summed E-state index contributed by atoms with van der Waals surface area (Å²) in [4.78, 5) is 11.7. The number of aliphatic hydroxyl groups is 1. The summed E-state index contributed by atoms with van der Waals surface area (Å²) in [5.41, 5.74) is 0. The molecule has 1 amide bonds. The zero-order valence-electron chi connectivity index (χ0n) is 12.4. The Kier molecular flexibility index (Phi) is 6.12. The third-order valence-electron chi connectivity index (χ3n) is 3.88. The molecule has 1 aliphatic carbocycles. The van der Waals surface area contributed by atoms with Gasteiger partial charge in [0.05, 0.1) is 12.7 Å². The summed E-state index contributed by atoms with van der Waals surface area (Å²) in [5.74, 6) is -1.38. The number of aliphatic hydroxyl groups excluding tert-OH is 1. The number of halogens is 2. The Labute approximate surface area is 128 Å². The van der Waals surface area contributed by atoms with E-state index in [-0.39, 0.29) is 36.7 Å². The van der Waals surface area contributed by atoms with E-state index in [2.05, 4.69) is 5.32 Å². The Morgan fingerprint density at radius 2 is 2.18 bits per heavy atom. The molecule has 1 aromatic carbocycles. The van der Waals surface area contributed by atoms with Crippen molar-refractivity contribution in [2.24, 2.45) is 5.92 Å². The van der Waals surface area contributed by atoms with Crippen LogP contribution in [-0.2, 0) is 4.79 Å². The zero-order valence-corrected chi connectivity index (χ0v) is 12.4. The number of carbonyl (C=O) groups is 1. The Bertz CT molecular complexity index is 510. The van der Waals surface area contributed by atoms with Crippen LogP contribution >= 0.6 is 0 Å². The van der Waals surface area contributed by atoms with Crippen LogP contribution < -0.4 is 10.1 Å². The predicted octanol–water partition coefficient (Wildman–Crippen LogP) is 2.40. The summed E-state index contributed by atoms with van der Waals surface area (Å²) in [6.07, 6.45) is 3.14. The van der Waals surface area contributed by atoms with Crippen LogP contribution in [0.3, 0.4) is 0 Å². The van der Waals surface area contributed by atoms with E-state index in [1.165, 1.54) is 6.07 Å². The van der Waals surface area contributed by atoms with Crippen molar-refractivity contribution in [1.29, 1.82) is 0 Å². The lowest BCUT2D eigenvalue weighted by atomic mass is 10.1. The van der Waals surface area contributed by atoms with Crippen molar-refractivity contribution in [1.82, 2.24) is 5.32 Å². The van der Waals surface area contributed by atoms with Gasteiger partial charge in [0.1, 0.15) is 5.82 Å². The van der Waals surface area contributed by atoms with Gasteiger partial charge in [0.25, 0.3) is 0 Å². The molecule has 22 heavy (non-hydrogen) atoms. The highest BCUT2D eigenvalue weighted by Gasteiger charge is 2.25. The third-order valence-corrected chi connectivity index (χ3v) is 3.88. The molecule has 0 saturated heterocycles. The second-order valence-electron chi connectivity index (χ2n) is 5.59. The fourth-order valence-electron chi connectivity index (χ4n) is 2.60. The van der Waals surface area contributed by atoms with Crippen LogP contribution in [-0.4, -0.2) is 30.3 Å². The van der Waals surface area contributed by atoms with E-state index in [4.69, 9.17) is 4.74 Å². The first-order valence-electron chi connectivity index (χ1n) is 7.59. The van der Waals surface area contributed by atoms with Gasteiger partial charge in [0.15, 0.2) is 11.6 Å². The second-order valence-corrected chi connectivity index (χ2v) is 5.59. The van der Waals surface area contributed by atoms with E-state index < -0.39 is 11.6 Å². The number of ether oxygens (including phenoxy) is 1. The van der Waals surface area contributed by atoms with Crippen molar-refractivity contribution in [3.63, 3.8) is 0 Å². The summed E-state index contributed by atoms with van der Waals surface area (Å²) in [5, 5.41) is 12.4. The van der Waals surface area contributed by atoms with Gasteiger partial charge in [-0.3, -0.25) is 4.79 Å². The average molecular weight is 313 g/mol. The molecule has 0 bridgehead atoms. The smallest absolute Gasteiger partial charge is 0.220 e. The van der Waals surface area contributed by atoms with Gasteiger partial charge in [0.2, 0.25) is 5.91 Å². The van der Waals surface area contributed by atoms with Crippen LogP contribution in [0.5, 0.6) is 5.75 Å². The lowest BCUT2D eigenvalue weighted by molar-refractivity contribution is -0.121. The van der Waals surface area contributed by atoms with Crippen molar-refractivity contribution < 1.29 is 23.4 Å². The summed E-state index contributed by atoms with van der Waals surface area (Å²) < 4.78 is 31.2. The molecule has 6 heteroatoms. The predicted molar refractivity (Wildman–Crippen MR) is 77.4 cm³/mol. The summed E-state index contributed by atoms with van der Waals surface area (Å²) in [6, 6.07) is 3.11. The standard InChI is InChI=1S/C16H21F2NO3/c17-12-6-7-15(13(18)9-12)22-8-2-5-16(21)19-10-11-3-1-4-14(11)20/h6-7,9,11,14,20H,1-5,8,10H2,(H,19,21). The van der Waals surface area contributed by atoms with Crippen molar-refractivity contribution in [3.05, 3.63) is 29.8 Å². The van der Waals surface area contributed by atoms with Crippen molar-refractivity contribution >= 4 is 5.91 Å². The second kappa shape index (κ2) is 8.08. The molecule has 0 heterocycles. The van der Waals surface area contributed by atoms with Gasteiger partial charge < -0.3 is 15.2 Å². The molecule has 2 unspecified atom stereocenters. The van der Waals surface area contributed by atoms with E-state index in [9.17, 15) is 18.7 Å². The van der Waals surface area contributed by atoms with Crippen molar-refractivity contribution in [3.8, 4) is 5.75 Å². The first-order valence-corrected chi connectivity index (χ1v) is 7.59. The molecule has 1 saturated carbocycles. The molecular formula is C16H21F2NO3. The molecule has 2 atom stereocenters. The number of rotatable bonds is 7. The summed E-state index contributed by atoms with van der Waals surface area (Å²) in [6.45, 7) is 0.676. The lowest BCUT2D eigenvalue weighted by Crippen LogP contribution is -2.32. The van der Waals surface area contributed by atoms with Gasteiger partial charge in [-0.2, -0.15) is 0 Å². The number of nitrogens with one attached hydrogen (secondary N) is 1. The van der Waals surface area contributed by atoms with Gasteiger partial charge in [-0.15, -0.1) is 0 Å². The van der Waals surface area contributed by atoms with Crippen molar-refractivity contribution in [2.45, 2.75) is 38.2 Å². The van der Waals surface area contributed by atoms with Gasteiger partial charge in [-0.05, 0) is 31.4 Å². The quantitative estimate of drug-likeness (QED) is 0.760. The molecule has 1 fully saturated rings. The molecule has 4 nitrogen and oxygen atoms in total. The zero-order chi connectivity index (χ0) is 15.9. The van der Waals surface area contributed by atoms with E-state index in [1.54, 1.807) is 0 Å². The van der Waals surface area contributed by atoms with Gasteiger partial charge in [0, 0.05) is 24.9 Å². The number of hydrogen-bond donors (Lipinski definition) is 2. The number of amides is 1. The number of hydrogen-bond acceptors (Lipinski definition) is 3. The normalized spacial score (nSPS) is 20.9. The monoisotopic (exact) mass is 313 g/mol. The molecular weight excluding hydrogens is 292 g/mol. The molecule has 2 rings (SSSR count). The molecule has 2 N–H and O–H groups in total. The Hall–Kier alpha value is -1.69. The maximum Gasteiger partial charge on any atom is 0.220 e. The average Bonchev–Trinajstić information content (AvgIpc) is 2.88. The van der Waals surface area contributed by atoms with E-state index in [0.717, 1.165) is 31.4 Å². The number of benzene rings is 1. The molecule has 0 spiro atoms. The molecule has 1 aliphatic rings. The first kappa shape index (κ1) is 16.7. The van der Waals surface area contributed by atoms with Gasteiger partial charge in [-0.1, -0.05) is 6.42 Å². The SMILES string of the molecule is O=C(CCCOc1ccc(F)cc1F)NCC1CCCC1O. The fourth-order valence-corrected chi connectivity index (χ4v) is 2.60. The van der Waals surface area contributed by atoms with E-state index in [1.807, 2.05) is 0 Å². The molecule has 1 aromatic rings. The maximum atomic E-state index is 13.3. The first-order chi connectivity index (χ1) is 10.6. The molecule has 0 aromatic heterocycles. The number of carbonyl (C=O) groups excluding carboxylic acids is 1. The van der Waals surface area contributed by atoms with E-state index >= 15 is 0 Å². The Morgan fingerprint density at radius 3 is 2.86 bits per heavy atom. The van der Waals surface area contributed by atoms with Crippen LogP contribution in [0.25, 0.3) is 0 Å². The molecule has 0 radical (unpaired) electrons. The third kappa shape index (κ3) is 4.94. The van der Waals surface area contributed by atoms with Crippen LogP contribution in [0.15, 0.2) is 18.2 Å². The fraction of sp³-hybridized carbons (Fsp3) is 0.562. The van der Waals surface area contributed by atoms with Crippen LogP contribution in [0.2, 0.25) is 0 Å². The molecule has 122 valence electrons. The lowest BCUT2D eigenvalue weighted by Gasteiger charge is -2.15. The van der Waals surface area contributed by atoms with Crippen molar-refractivity contribution in [2.75, 3.05) is 13.2 Å². The van der Waals surface area contributed by atoms with Gasteiger partial charge >= 0.3 is 0 Å². The highest BCUT2D eigenvalue weighted by atomic mass is 19.1. The highest BCUT2D eigenvalue weighted by molar-refractivity contribution is 5.75. The maximum absolute atomic E-state index is 13.3. The minimum Gasteiger partial charge on any atom is -0.491 e. The minimum absolute atomic E-state index is 0.0177. The van der Waals surface area contributed by atoms with Crippen LogP contribution in [0, 0.1) is 17.6 Å².